The average Bonchev–Trinajstić information content (AvgIpc) is 3.26. The van der Waals surface area contributed by atoms with E-state index in [0.717, 1.165) is 24.3 Å². The molecule has 0 spiro atoms. The van der Waals surface area contributed by atoms with Gasteiger partial charge in [0.25, 0.3) is 0 Å². The van der Waals surface area contributed by atoms with Crippen LogP contribution >= 0.6 is 43.1 Å². The Bertz CT molecular complexity index is 2380. The van der Waals surface area contributed by atoms with E-state index < -0.39 is 38.6 Å². The molecule has 0 saturated heterocycles. The van der Waals surface area contributed by atoms with Gasteiger partial charge in [-0.2, -0.15) is 0 Å². The molecule has 1 atom stereocenters. The first-order chi connectivity index (χ1) is 29.1. The molecule has 6 aromatic rings. The Morgan fingerprint density at radius 1 is 0.556 bits per heavy atom. The maximum absolute atomic E-state index is 14.8. The Balaban J connectivity index is 0.000000882. The third-order valence-electron chi connectivity index (χ3n) is 7.86. The molecule has 2 N–H and O–H groups in total. The van der Waals surface area contributed by atoms with Crippen LogP contribution in [-0.2, 0) is 9.24 Å². The molecule has 0 heterocycles. The minimum atomic E-state index is -3.15. The van der Waals surface area contributed by atoms with Crippen molar-refractivity contribution in [1.82, 2.24) is 0 Å². The van der Waals surface area contributed by atoms with E-state index >= 15 is 0 Å². The fraction of sp³-hybridized carbons (Fsp3) is 0.122. The zero-order chi connectivity index (χ0) is 45.8. The van der Waals surface area contributed by atoms with Crippen LogP contribution in [0.15, 0.2) is 109 Å². The molecule has 0 fully saturated rings. The number of rotatable bonds is 9. The van der Waals surface area contributed by atoms with Crippen molar-refractivity contribution >= 4 is 119 Å². The summed E-state index contributed by atoms with van der Waals surface area (Å²) in [5.41, 5.74) is 1.96. The van der Waals surface area contributed by atoms with Crippen LogP contribution in [0.4, 0.5) is 17.6 Å². The van der Waals surface area contributed by atoms with Crippen molar-refractivity contribution in [2.75, 3.05) is 28.4 Å². The predicted molar refractivity (Wildman–Crippen MR) is 233 cm³/mol. The summed E-state index contributed by atoms with van der Waals surface area (Å²) in [7, 11) is 1.11. The van der Waals surface area contributed by atoms with E-state index in [2.05, 4.69) is 4.67 Å². The summed E-state index contributed by atoms with van der Waals surface area (Å²) in [5, 5.41) is 26.7. The van der Waals surface area contributed by atoms with E-state index in [1.807, 2.05) is 0 Å². The Morgan fingerprint density at radius 3 is 1.32 bits per heavy atom. The molecule has 0 aliphatic carbocycles. The summed E-state index contributed by atoms with van der Waals surface area (Å²) in [6.45, 7) is 0. The number of ether oxygens (including phenoxy) is 4. The number of benzene rings is 6. The van der Waals surface area contributed by atoms with Gasteiger partial charge in [-0.1, -0.05) is 103 Å². The molecule has 320 valence electrons. The first kappa shape index (κ1) is 63.0. The van der Waals surface area contributed by atoms with E-state index in [0.29, 0.717) is 49.7 Å². The van der Waals surface area contributed by atoms with E-state index in [-0.39, 0.29) is 86.0 Å². The number of hydrogen-bond acceptors (Lipinski definition) is 10. The van der Waals surface area contributed by atoms with Gasteiger partial charge < -0.3 is 39.1 Å². The fourth-order valence-corrected chi connectivity index (χ4v) is 5.96. The topological polar surface area (TPSA) is 150 Å². The second-order valence-corrected chi connectivity index (χ2v) is 13.1. The Morgan fingerprint density at radius 2 is 0.921 bits per heavy atom. The molecule has 0 bridgehead atoms. The van der Waals surface area contributed by atoms with E-state index in [9.17, 15) is 17.6 Å². The molecule has 0 aliphatic rings. The van der Waals surface area contributed by atoms with Gasteiger partial charge in [-0.25, -0.2) is 22.2 Å². The molecule has 10 nitrogen and oxygen atoms in total. The van der Waals surface area contributed by atoms with Crippen LogP contribution in [0.5, 0.6) is 23.0 Å². The van der Waals surface area contributed by atoms with Gasteiger partial charge in [-0.15, -0.1) is 0 Å². The minimum absolute atomic E-state index is 0. The van der Waals surface area contributed by atoms with Crippen LogP contribution in [0.1, 0.15) is 7.43 Å². The second kappa shape index (κ2) is 33.5. The molecule has 0 radical (unpaired) electrons. The molecule has 0 aliphatic heterocycles. The number of methoxy groups -OCH3 is 4. The average molecular weight is 1030 g/mol. The third-order valence-corrected chi connectivity index (χ3v) is 8.87. The molecule has 0 saturated carbocycles. The van der Waals surface area contributed by atoms with Gasteiger partial charge in [0.1, 0.15) is 46.3 Å². The maximum atomic E-state index is 14.8. The van der Waals surface area contributed by atoms with E-state index in [1.54, 1.807) is 78.9 Å². The normalized spacial score (nSPS) is 9.86. The molecule has 22 heteroatoms. The van der Waals surface area contributed by atoms with Crippen molar-refractivity contribution in [3.8, 4) is 56.4 Å². The molecule has 1 unspecified atom stereocenters. The van der Waals surface area contributed by atoms with Crippen LogP contribution in [0.25, 0.3) is 33.4 Å². The van der Waals surface area contributed by atoms with Crippen molar-refractivity contribution in [2.24, 2.45) is 0 Å². The zero-order valence-electron chi connectivity index (χ0n) is 34.2. The van der Waals surface area contributed by atoms with E-state index in [4.69, 9.17) is 78.5 Å². The van der Waals surface area contributed by atoms with Gasteiger partial charge in [-0.05, 0) is 53.1 Å². The monoisotopic (exact) mass is 1030 g/mol. The van der Waals surface area contributed by atoms with E-state index in [1.165, 1.54) is 97.7 Å². The van der Waals surface area contributed by atoms with Crippen molar-refractivity contribution in [1.29, 1.82) is 0 Å². The first-order valence-electron chi connectivity index (χ1n) is 17.5. The Hall–Kier alpha value is -0.0160. The third kappa shape index (κ3) is 19.1. The summed E-state index contributed by atoms with van der Waals surface area (Å²) in [6.07, 6.45) is 0. The SMILES string of the molecule is C.COc1c(Cl)cccc1B(O)O.COc1ccccc1-c1cc(F)c(-c2cccc(Cl)c2OC)cc1F.COc1ccccc1-c1cc(F)c(Cl)cc1F.O=[P+]([O-])O[O-].[K+].[K][K]. The van der Waals surface area contributed by atoms with Crippen molar-refractivity contribution < 1.29 is 117 Å². The van der Waals surface area contributed by atoms with Gasteiger partial charge in [0, 0.05) is 38.8 Å². The Kier molecular flexibility index (Phi) is 33.5. The summed E-state index contributed by atoms with van der Waals surface area (Å²) < 4.78 is 88.4. The Labute approximate surface area is 467 Å². The van der Waals surface area contributed by atoms with Gasteiger partial charge in [0.2, 0.25) is 0 Å². The number of halogens is 7. The van der Waals surface area contributed by atoms with Crippen molar-refractivity contribution in [2.45, 2.75) is 7.43 Å². The summed E-state index contributed by atoms with van der Waals surface area (Å²) in [6, 6.07) is 27.7. The number of hydrogen-bond donors (Lipinski definition) is 2. The van der Waals surface area contributed by atoms with Gasteiger partial charge in [-0.3, -0.25) is 0 Å². The van der Waals surface area contributed by atoms with Crippen LogP contribution in [0.3, 0.4) is 0 Å². The van der Waals surface area contributed by atoms with Crippen molar-refractivity contribution in [3.63, 3.8) is 0 Å². The van der Waals surface area contributed by atoms with Crippen LogP contribution in [0, 0.1) is 23.3 Å². The summed E-state index contributed by atoms with van der Waals surface area (Å²) in [4.78, 5) is 8.87. The van der Waals surface area contributed by atoms with Crippen LogP contribution in [0.2, 0.25) is 15.1 Å². The standard InChI is InChI=1S/C20H15ClF2O2.C13H9ClF2O.C7H8BClO3.CH4.3K.HO4P/c1-24-19-9-4-3-6-12(19)14-10-18(23)15(11-17(14)22)13-7-5-8-16(21)20(13)25-2;1-17-13-5-3-2-4-8(13)9-6-12(16)10(14)7-11(9)15;1-12-7-5(8(10)11)3-2-4-6(7)9;;;;;1-4-5(2)3/h3-11H,1-2H3;2-7H,1H3;2-4,10-11H,1H3;1H4;;;;1H/q;;;;;;+1;/p-1. The van der Waals surface area contributed by atoms with Gasteiger partial charge in [0.15, 0.2) is 0 Å². The molecule has 6 aromatic carbocycles. The van der Waals surface area contributed by atoms with Crippen molar-refractivity contribution in [3.05, 3.63) is 148 Å². The van der Waals surface area contributed by atoms with Gasteiger partial charge >= 0.3 is 130 Å². The molecule has 63 heavy (non-hydrogen) atoms. The van der Waals surface area contributed by atoms with Crippen LogP contribution in [-0.4, -0.2) is 109 Å². The fourth-order valence-electron chi connectivity index (χ4n) is 5.30. The van der Waals surface area contributed by atoms with Gasteiger partial charge in [0.05, 0.1) is 43.5 Å². The molecular formula is C41H36BCl3F4K3O10P. The second-order valence-electron chi connectivity index (χ2n) is 11.3. The predicted octanol–water partition coefficient (Wildman–Crippen LogP) is 5.47. The molecule has 6 rings (SSSR count). The quantitative estimate of drug-likeness (QED) is 0.0478. The molecule has 0 amide bonds. The summed E-state index contributed by atoms with van der Waals surface area (Å²) >= 11 is 19.8. The first-order valence-corrected chi connectivity index (χ1v) is 35.7. The molecule has 0 aromatic heterocycles. The number of para-hydroxylation sites is 4. The van der Waals surface area contributed by atoms with Crippen LogP contribution < -0.4 is 85.9 Å². The zero-order valence-corrected chi connectivity index (χ0v) is 46.8. The summed E-state index contributed by atoms with van der Waals surface area (Å²) in [5.74, 6) is -0.843. The molecular weight excluding hydrogens is 994 g/mol.